The molecule has 120 valence electrons. The Hall–Kier alpha value is -2.95. The summed E-state index contributed by atoms with van der Waals surface area (Å²) < 4.78 is 3.73. The van der Waals surface area contributed by atoms with Crippen LogP contribution in [0.25, 0.3) is 28.1 Å². The maximum absolute atomic E-state index is 4.80. The van der Waals surface area contributed by atoms with Crippen LogP contribution in [0.2, 0.25) is 0 Å². The topological polar surface area (TPSA) is 48.5 Å². The van der Waals surface area contributed by atoms with Gasteiger partial charge in [-0.2, -0.15) is 10.2 Å². The molecule has 0 saturated heterocycles. The first-order valence-electron chi connectivity index (χ1n) is 7.98. The molecule has 4 rings (SSSR count). The minimum atomic E-state index is 0.822. The summed E-state index contributed by atoms with van der Waals surface area (Å²) in [4.78, 5) is 4.80. The molecule has 5 nitrogen and oxygen atoms in total. The normalized spacial score (nSPS) is 11.3. The molecule has 0 amide bonds. The van der Waals surface area contributed by atoms with E-state index in [9.17, 15) is 0 Å². The van der Waals surface area contributed by atoms with Gasteiger partial charge in [0.1, 0.15) is 0 Å². The highest BCUT2D eigenvalue weighted by atomic mass is 15.3. The Morgan fingerprint density at radius 2 is 1.67 bits per heavy atom. The van der Waals surface area contributed by atoms with Crippen LogP contribution in [0, 0.1) is 20.8 Å². The maximum atomic E-state index is 4.80. The molecule has 5 heteroatoms. The first-order valence-corrected chi connectivity index (χ1v) is 7.98. The first-order chi connectivity index (χ1) is 11.5. The van der Waals surface area contributed by atoms with Gasteiger partial charge in [0.05, 0.1) is 11.4 Å². The van der Waals surface area contributed by atoms with E-state index in [1.807, 2.05) is 41.5 Å². The Labute approximate surface area is 140 Å². The van der Waals surface area contributed by atoms with Gasteiger partial charge in [-0.15, -0.1) is 0 Å². The second kappa shape index (κ2) is 5.30. The molecular weight excluding hydrogens is 298 g/mol. The SMILES string of the molecule is Cc1cc(-n2nc(-c3ccccc3)cc2C)nc2c1c(C)nn2C. The van der Waals surface area contributed by atoms with Crippen LogP contribution >= 0.6 is 0 Å². The zero-order valence-corrected chi connectivity index (χ0v) is 14.3. The van der Waals surface area contributed by atoms with Gasteiger partial charge in [-0.3, -0.25) is 4.68 Å². The van der Waals surface area contributed by atoms with Crippen LogP contribution in [-0.2, 0) is 7.05 Å². The van der Waals surface area contributed by atoms with Crippen molar-refractivity contribution in [1.29, 1.82) is 0 Å². The molecule has 0 bridgehead atoms. The van der Waals surface area contributed by atoms with Crippen LogP contribution in [-0.4, -0.2) is 24.5 Å². The zero-order chi connectivity index (χ0) is 16.8. The standard InChI is InChI=1S/C19H19N5/c1-12-10-17(20-19-18(12)14(3)21-23(19)4)24-13(2)11-16(22-24)15-8-6-5-7-9-15/h5-11H,1-4H3. The summed E-state index contributed by atoms with van der Waals surface area (Å²) in [6.07, 6.45) is 0. The summed E-state index contributed by atoms with van der Waals surface area (Å²) in [5.74, 6) is 0.822. The van der Waals surface area contributed by atoms with E-state index >= 15 is 0 Å². The van der Waals surface area contributed by atoms with Crippen molar-refractivity contribution < 1.29 is 0 Å². The van der Waals surface area contributed by atoms with Crippen molar-refractivity contribution in [2.45, 2.75) is 20.8 Å². The quantitative estimate of drug-likeness (QED) is 0.566. The lowest BCUT2D eigenvalue weighted by atomic mass is 10.1. The van der Waals surface area contributed by atoms with E-state index in [0.717, 1.165) is 45.1 Å². The molecule has 0 saturated carbocycles. The molecule has 3 aromatic heterocycles. The van der Waals surface area contributed by atoms with Crippen LogP contribution in [0.15, 0.2) is 42.5 Å². The van der Waals surface area contributed by atoms with Crippen molar-refractivity contribution >= 4 is 11.0 Å². The molecule has 0 unspecified atom stereocenters. The van der Waals surface area contributed by atoms with Crippen molar-refractivity contribution in [2.24, 2.45) is 7.05 Å². The number of aromatic nitrogens is 5. The predicted octanol–water partition coefficient (Wildman–Crippen LogP) is 3.75. The van der Waals surface area contributed by atoms with E-state index in [4.69, 9.17) is 10.1 Å². The van der Waals surface area contributed by atoms with Crippen LogP contribution in [0.1, 0.15) is 17.0 Å². The van der Waals surface area contributed by atoms with Crippen molar-refractivity contribution in [3.05, 3.63) is 59.4 Å². The minimum absolute atomic E-state index is 0.822. The third-order valence-electron chi connectivity index (χ3n) is 4.33. The summed E-state index contributed by atoms with van der Waals surface area (Å²) in [5, 5.41) is 10.4. The van der Waals surface area contributed by atoms with Gasteiger partial charge >= 0.3 is 0 Å². The van der Waals surface area contributed by atoms with Crippen LogP contribution < -0.4 is 0 Å². The van der Waals surface area contributed by atoms with E-state index in [0.29, 0.717) is 0 Å². The Kier molecular flexibility index (Phi) is 3.23. The highest BCUT2D eigenvalue weighted by molar-refractivity contribution is 5.82. The fourth-order valence-corrected chi connectivity index (χ4v) is 3.21. The lowest BCUT2D eigenvalue weighted by molar-refractivity contribution is 0.764. The molecule has 0 fully saturated rings. The number of pyridine rings is 1. The van der Waals surface area contributed by atoms with Crippen LogP contribution in [0.5, 0.6) is 0 Å². The second-order valence-corrected chi connectivity index (χ2v) is 6.15. The average Bonchev–Trinajstić information content (AvgIpc) is 3.09. The number of aryl methyl sites for hydroxylation is 4. The molecule has 0 spiro atoms. The summed E-state index contributed by atoms with van der Waals surface area (Å²) in [6.45, 7) is 6.16. The van der Waals surface area contributed by atoms with Gasteiger partial charge in [-0.1, -0.05) is 30.3 Å². The van der Waals surface area contributed by atoms with Gasteiger partial charge in [0, 0.05) is 23.7 Å². The monoisotopic (exact) mass is 317 g/mol. The fraction of sp³-hybridized carbons (Fsp3) is 0.211. The summed E-state index contributed by atoms with van der Waals surface area (Å²) in [5.41, 5.74) is 6.17. The van der Waals surface area contributed by atoms with Gasteiger partial charge in [0.2, 0.25) is 0 Å². The number of nitrogens with zero attached hydrogens (tertiary/aromatic N) is 5. The van der Waals surface area contributed by atoms with Crippen molar-refractivity contribution in [3.63, 3.8) is 0 Å². The molecule has 24 heavy (non-hydrogen) atoms. The Balaban J connectivity index is 1.89. The molecule has 0 radical (unpaired) electrons. The fourth-order valence-electron chi connectivity index (χ4n) is 3.21. The average molecular weight is 317 g/mol. The van der Waals surface area contributed by atoms with Crippen LogP contribution in [0.4, 0.5) is 0 Å². The Bertz CT molecular complexity index is 1040. The largest absolute Gasteiger partial charge is 0.250 e. The van der Waals surface area contributed by atoms with Gasteiger partial charge < -0.3 is 0 Å². The zero-order valence-electron chi connectivity index (χ0n) is 14.3. The molecular formula is C19H19N5. The second-order valence-electron chi connectivity index (χ2n) is 6.15. The number of rotatable bonds is 2. The summed E-state index contributed by atoms with van der Waals surface area (Å²) in [6, 6.07) is 14.4. The molecule has 0 aliphatic rings. The lowest BCUT2D eigenvalue weighted by Gasteiger charge is -2.06. The molecule has 4 aromatic rings. The van der Waals surface area contributed by atoms with Crippen molar-refractivity contribution in [2.75, 3.05) is 0 Å². The molecule has 0 aliphatic heterocycles. The molecule has 0 N–H and O–H groups in total. The van der Waals surface area contributed by atoms with Crippen molar-refractivity contribution in [1.82, 2.24) is 24.5 Å². The van der Waals surface area contributed by atoms with E-state index in [-0.39, 0.29) is 0 Å². The molecule has 3 heterocycles. The van der Waals surface area contributed by atoms with Gasteiger partial charge in [0.15, 0.2) is 11.5 Å². The molecule has 0 aliphatic carbocycles. The van der Waals surface area contributed by atoms with E-state index in [1.54, 1.807) is 0 Å². The van der Waals surface area contributed by atoms with Gasteiger partial charge in [-0.05, 0) is 38.5 Å². The number of hydrogen-bond acceptors (Lipinski definition) is 3. The van der Waals surface area contributed by atoms with Crippen LogP contribution in [0.3, 0.4) is 0 Å². The summed E-state index contributed by atoms with van der Waals surface area (Å²) in [7, 11) is 1.93. The minimum Gasteiger partial charge on any atom is -0.250 e. The highest BCUT2D eigenvalue weighted by Gasteiger charge is 2.14. The number of hydrogen-bond donors (Lipinski definition) is 0. The highest BCUT2D eigenvalue weighted by Crippen LogP contribution is 2.25. The predicted molar refractivity (Wildman–Crippen MR) is 95.3 cm³/mol. The maximum Gasteiger partial charge on any atom is 0.160 e. The molecule has 0 atom stereocenters. The first kappa shape index (κ1) is 14.6. The molecule has 1 aromatic carbocycles. The third-order valence-corrected chi connectivity index (χ3v) is 4.33. The smallest absolute Gasteiger partial charge is 0.160 e. The summed E-state index contributed by atoms with van der Waals surface area (Å²) >= 11 is 0. The Morgan fingerprint density at radius 1 is 0.917 bits per heavy atom. The van der Waals surface area contributed by atoms with E-state index in [2.05, 4.69) is 43.2 Å². The number of fused-ring (bicyclic) bond motifs is 1. The van der Waals surface area contributed by atoms with E-state index < -0.39 is 0 Å². The Morgan fingerprint density at radius 3 is 2.42 bits per heavy atom. The third kappa shape index (κ3) is 2.21. The van der Waals surface area contributed by atoms with Crippen molar-refractivity contribution in [3.8, 4) is 17.1 Å². The van der Waals surface area contributed by atoms with E-state index in [1.165, 1.54) is 0 Å². The number of benzene rings is 1. The van der Waals surface area contributed by atoms with Gasteiger partial charge in [-0.25, -0.2) is 9.67 Å². The lowest BCUT2D eigenvalue weighted by Crippen LogP contribution is -2.04. The van der Waals surface area contributed by atoms with Gasteiger partial charge in [0.25, 0.3) is 0 Å².